The summed E-state index contributed by atoms with van der Waals surface area (Å²) in [4.78, 5) is 19.7. The maximum atomic E-state index is 12.9. The summed E-state index contributed by atoms with van der Waals surface area (Å²) in [6, 6.07) is 6.97. The summed E-state index contributed by atoms with van der Waals surface area (Å²) in [5, 5.41) is 5.53. The highest BCUT2D eigenvalue weighted by Crippen LogP contribution is 2.22. The quantitative estimate of drug-likeness (QED) is 0.677. The van der Waals surface area contributed by atoms with Gasteiger partial charge in [-0.3, -0.25) is 0 Å². The predicted octanol–water partition coefficient (Wildman–Crippen LogP) is 2.93. The van der Waals surface area contributed by atoms with Crippen molar-refractivity contribution in [1.29, 1.82) is 0 Å². The number of nitrogens with two attached hydrogens (primary N) is 1. The number of nitrogen functional groups attached to an aromatic ring is 1. The van der Waals surface area contributed by atoms with E-state index in [2.05, 4.69) is 20.6 Å². The molecule has 1 heterocycles. The summed E-state index contributed by atoms with van der Waals surface area (Å²) < 4.78 is 23.6. The van der Waals surface area contributed by atoms with Gasteiger partial charge < -0.3 is 25.8 Å². The maximum Gasteiger partial charge on any atom is 0.407 e. The van der Waals surface area contributed by atoms with Crippen molar-refractivity contribution in [2.75, 3.05) is 24.1 Å². The number of nitrogens with zero attached hydrogens (tertiary/aromatic N) is 2. The third-order valence-corrected chi connectivity index (χ3v) is 2.83. The SMILES string of the molecule is CC(C)(C)OC(=O)NCCNc1nc(N)cc(Oc2ccc(F)cc2)n1. The summed E-state index contributed by atoms with van der Waals surface area (Å²) >= 11 is 0. The van der Waals surface area contributed by atoms with Crippen LogP contribution in [-0.4, -0.2) is 34.8 Å². The van der Waals surface area contributed by atoms with Gasteiger partial charge in [-0.1, -0.05) is 0 Å². The first-order valence-corrected chi connectivity index (χ1v) is 8.00. The number of nitrogens with one attached hydrogen (secondary N) is 2. The van der Waals surface area contributed by atoms with Crippen LogP contribution in [0, 0.1) is 5.82 Å². The molecule has 0 unspecified atom stereocenters. The molecule has 140 valence electrons. The Bertz CT molecular complexity index is 747. The molecule has 1 amide bonds. The average molecular weight is 363 g/mol. The molecule has 1 aromatic heterocycles. The summed E-state index contributed by atoms with van der Waals surface area (Å²) in [6.45, 7) is 6.02. The van der Waals surface area contributed by atoms with E-state index < -0.39 is 11.7 Å². The lowest BCUT2D eigenvalue weighted by atomic mass is 10.2. The monoisotopic (exact) mass is 363 g/mol. The molecule has 0 saturated carbocycles. The molecule has 0 aliphatic carbocycles. The summed E-state index contributed by atoms with van der Waals surface area (Å²) in [7, 11) is 0. The minimum absolute atomic E-state index is 0.208. The van der Waals surface area contributed by atoms with Crippen LogP contribution < -0.4 is 21.1 Å². The van der Waals surface area contributed by atoms with Gasteiger partial charge in [0, 0.05) is 19.2 Å². The van der Waals surface area contributed by atoms with E-state index in [9.17, 15) is 9.18 Å². The van der Waals surface area contributed by atoms with E-state index in [1.54, 1.807) is 20.8 Å². The van der Waals surface area contributed by atoms with Gasteiger partial charge in [-0.05, 0) is 45.0 Å². The molecule has 0 aliphatic heterocycles. The van der Waals surface area contributed by atoms with Crippen LogP contribution in [0.3, 0.4) is 0 Å². The Morgan fingerprint density at radius 1 is 1.19 bits per heavy atom. The highest BCUT2D eigenvalue weighted by molar-refractivity contribution is 5.67. The molecule has 0 atom stereocenters. The number of hydrogen-bond acceptors (Lipinski definition) is 7. The zero-order valence-electron chi connectivity index (χ0n) is 14.9. The fourth-order valence-electron chi connectivity index (χ4n) is 1.85. The first-order valence-electron chi connectivity index (χ1n) is 8.00. The van der Waals surface area contributed by atoms with Crippen LogP contribution in [0.1, 0.15) is 20.8 Å². The Hall–Kier alpha value is -3.10. The fraction of sp³-hybridized carbons (Fsp3) is 0.353. The topological polar surface area (TPSA) is 111 Å². The number of amides is 1. The minimum Gasteiger partial charge on any atom is -0.444 e. The number of aromatic nitrogens is 2. The van der Waals surface area contributed by atoms with Crippen molar-refractivity contribution < 1.29 is 18.7 Å². The minimum atomic E-state index is -0.554. The third-order valence-electron chi connectivity index (χ3n) is 2.83. The molecule has 0 saturated heterocycles. The number of rotatable bonds is 6. The van der Waals surface area contributed by atoms with E-state index >= 15 is 0 Å². The molecule has 9 heteroatoms. The van der Waals surface area contributed by atoms with Crippen LogP contribution in [-0.2, 0) is 4.74 Å². The van der Waals surface area contributed by atoms with Crippen molar-refractivity contribution in [2.45, 2.75) is 26.4 Å². The molecule has 4 N–H and O–H groups in total. The molecule has 0 bridgehead atoms. The Kier molecular flexibility index (Phi) is 6.16. The number of halogens is 1. The number of carbonyl (C=O) groups is 1. The first kappa shape index (κ1) is 19.2. The number of benzene rings is 1. The van der Waals surface area contributed by atoms with E-state index in [1.165, 1.54) is 30.3 Å². The molecule has 2 rings (SSSR count). The second-order valence-corrected chi connectivity index (χ2v) is 6.37. The molecule has 0 fully saturated rings. The van der Waals surface area contributed by atoms with Crippen LogP contribution in [0.5, 0.6) is 11.6 Å². The molecule has 26 heavy (non-hydrogen) atoms. The predicted molar refractivity (Wildman–Crippen MR) is 95.6 cm³/mol. The maximum absolute atomic E-state index is 12.9. The average Bonchev–Trinajstić information content (AvgIpc) is 2.52. The summed E-state index contributed by atoms with van der Waals surface area (Å²) in [6.07, 6.45) is -0.506. The Morgan fingerprint density at radius 2 is 1.88 bits per heavy atom. The number of ether oxygens (including phenoxy) is 2. The van der Waals surface area contributed by atoms with Crippen molar-refractivity contribution >= 4 is 17.9 Å². The fourth-order valence-corrected chi connectivity index (χ4v) is 1.85. The van der Waals surface area contributed by atoms with Gasteiger partial charge in [0.2, 0.25) is 11.8 Å². The van der Waals surface area contributed by atoms with E-state index in [1.807, 2.05) is 0 Å². The van der Waals surface area contributed by atoms with Crippen LogP contribution in [0.15, 0.2) is 30.3 Å². The lowest BCUT2D eigenvalue weighted by Crippen LogP contribution is -2.35. The number of anilines is 2. The van der Waals surface area contributed by atoms with Crippen LogP contribution >= 0.6 is 0 Å². The number of alkyl carbamates (subject to hydrolysis) is 1. The first-order chi connectivity index (χ1) is 12.2. The summed E-state index contributed by atoms with van der Waals surface area (Å²) in [5.41, 5.74) is 5.18. The normalized spacial score (nSPS) is 10.9. The molecular weight excluding hydrogens is 341 g/mol. The van der Waals surface area contributed by atoms with Gasteiger partial charge in [-0.25, -0.2) is 9.18 Å². The molecule has 2 aromatic rings. The zero-order chi connectivity index (χ0) is 19.2. The smallest absolute Gasteiger partial charge is 0.407 e. The van der Waals surface area contributed by atoms with Gasteiger partial charge in [0.15, 0.2) is 0 Å². The highest BCUT2D eigenvalue weighted by Gasteiger charge is 2.15. The summed E-state index contributed by atoms with van der Waals surface area (Å²) in [5.74, 6) is 0.723. The highest BCUT2D eigenvalue weighted by atomic mass is 19.1. The second kappa shape index (κ2) is 8.32. The van der Waals surface area contributed by atoms with Crippen molar-refractivity contribution in [2.24, 2.45) is 0 Å². The molecule has 0 radical (unpaired) electrons. The number of hydrogen-bond donors (Lipinski definition) is 3. The lowest BCUT2D eigenvalue weighted by Gasteiger charge is -2.19. The Labute approximate surface area is 150 Å². The molecule has 1 aromatic carbocycles. The largest absolute Gasteiger partial charge is 0.444 e. The van der Waals surface area contributed by atoms with E-state index in [4.69, 9.17) is 15.2 Å². The Morgan fingerprint density at radius 3 is 2.54 bits per heavy atom. The second-order valence-electron chi connectivity index (χ2n) is 6.37. The van der Waals surface area contributed by atoms with Crippen LogP contribution in [0.4, 0.5) is 21.0 Å². The molecule has 0 aliphatic rings. The van der Waals surface area contributed by atoms with Gasteiger partial charge in [-0.2, -0.15) is 9.97 Å². The van der Waals surface area contributed by atoms with E-state index in [0.29, 0.717) is 18.8 Å². The van der Waals surface area contributed by atoms with Gasteiger partial charge in [0.25, 0.3) is 0 Å². The lowest BCUT2D eigenvalue weighted by molar-refractivity contribution is 0.0530. The van der Waals surface area contributed by atoms with Crippen molar-refractivity contribution in [1.82, 2.24) is 15.3 Å². The van der Waals surface area contributed by atoms with Crippen LogP contribution in [0.25, 0.3) is 0 Å². The molecule has 0 spiro atoms. The van der Waals surface area contributed by atoms with Crippen molar-refractivity contribution in [3.63, 3.8) is 0 Å². The van der Waals surface area contributed by atoms with Gasteiger partial charge >= 0.3 is 6.09 Å². The van der Waals surface area contributed by atoms with Crippen LogP contribution in [0.2, 0.25) is 0 Å². The van der Waals surface area contributed by atoms with E-state index in [0.717, 1.165) is 0 Å². The van der Waals surface area contributed by atoms with Crippen molar-refractivity contribution in [3.8, 4) is 11.6 Å². The zero-order valence-corrected chi connectivity index (χ0v) is 14.9. The third kappa shape index (κ3) is 6.80. The van der Waals surface area contributed by atoms with Crippen molar-refractivity contribution in [3.05, 3.63) is 36.1 Å². The number of carbonyl (C=O) groups excluding carboxylic acids is 1. The standard InChI is InChI=1S/C17H22FN5O3/c1-17(2,3)26-16(24)21-9-8-20-15-22-13(19)10-14(23-15)25-12-6-4-11(18)5-7-12/h4-7,10H,8-9H2,1-3H3,(H,21,24)(H3,19,20,22,23). The van der Waals surface area contributed by atoms with Gasteiger partial charge in [0.05, 0.1) is 0 Å². The molecule has 8 nitrogen and oxygen atoms in total. The van der Waals surface area contributed by atoms with Gasteiger partial charge in [-0.15, -0.1) is 0 Å². The Balaban J connectivity index is 1.87. The molecular formula is C17H22FN5O3. The van der Waals surface area contributed by atoms with E-state index in [-0.39, 0.29) is 23.5 Å². The van der Waals surface area contributed by atoms with Gasteiger partial charge in [0.1, 0.15) is 23.0 Å².